The maximum Gasteiger partial charge on any atom is 0.337 e. The van der Waals surface area contributed by atoms with E-state index in [0.717, 1.165) is 11.3 Å². The molecule has 3 rings (SSSR count). The second-order valence-electron chi connectivity index (χ2n) is 6.13. The van der Waals surface area contributed by atoms with Crippen LogP contribution in [0, 0.1) is 0 Å². The zero-order chi connectivity index (χ0) is 21.9. The Morgan fingerprint density at radius 3 is 2.70 bits per heavy atom. The van der Waals surface area contributed by atoms with Crippen molar-refractivity contribution in [1.82, 2.24) is 15.2 Å². The average molecular weight is 457 g/mol. The van der Waals surface area contributed by atoms with Crippen LogP contribution in [0.25, 0.3) is 10.8 Å². The molecule has 0 saturated heterocycles. The number of sulfone groups is 1. The van der Waals surface area contributed by atoms with Gasteiger partial charge < -0.3 is 9.15 Å². The van der Waals surface area contributed by atoms with E-state index in [9.17, 15) is 22.0 Å². The number of hydrogen-bond donors (Lipinski definition) is 0. The Labute approximate surface area is 174 Å². The van der Waals surface area contributed by atoms with Gasteiger partial charge in [0.2, 0.25) is 0 Å². The Hall–Kier alpha value is -2.73. The maximum atomic E-state index is 12.7. The molecule has 0 saturated carbocycles. The third-order valence-electron chi connectivity index (χ3n) is 4.27. The molecule has 0 N–H and O–H groups in total. The van der Waals surface area contributed by atoms with Crippen molar-refractivity contribution in [2.45, 2.75) is 25.0 Å². The molecule has 2 aromatic heterocycles. The molecular formula is C18H17F2N3O5S2. The Bertz CT molecular complexity index is 1140. The lowest BCUT2D eigenvalue weighted by Crippen LogP contribution is -2.18. The van der Waals surface area contributed by atoms with Gasteiger partial charge in [-0.05, 0) is 17.7 Å². The number of thiazole rings is 1. The van der Waals surface area contributed by atoms with Crippen LogP contribution < -0.4 is 0 Å². The second-order valence-corrected chi connectivity index (χ2v) is 9.71. The molecule has 0 aliphatic heterocycles. The number of rotatable bonds is 8. The van der Waals surface area contributed by atoms with Gasteiger partial charge in [-0.1, -0.05) is 19.1 Å². The molecule has 0 radical (unpaired) electrons. The monoisotopic (exact) mass is 457 g/mol. The summed E-state index contributed by atoms with van der Waals surface area (Å²) in [6.07, 6.45) is -1.50. The van der Waals surface area contributed by atoms with Gasteiger partial charge in [-0.15, -0.1) is 21.5 Å². The number of alkyl halides is 2. The SMILES string of the molecule is CCS(=O)(=O)C(Cc1ncc(-c2nnc(C(F)F)o2)s1)c1cccc(C(=O)OC)c1. The molecule has 0 spiro atoms. The van der Waals surface area contributed by atoms with Crippen molar-refractivity contribution in [2.75, 3.05) is 12.9 Å². The number of benzene rings is 1. The van der Waals surface area contributed by atoms with Gasteiger partial charge in [0.15, 0.2) is 9.84 Å². The highest BCUT2D eigenvalue weighted by Gasteiger charge is 2.28. The summed E-state index contributed by atoms with van der Waals surface area (Å²) in [5, 5.41) is 6.32. The zero-order valence-electron chi connectivity index (χ0n) is 15.9. The predicted octanol–water partition coefficient (Wildman–Crippen LogP) is 3.64. The summed E-state index contributed by atoms with van der Waals surface area (Å²) in [5.41, 5.74) is 0.658. The fourth-order valence-electron chi connectivity index (χ4n) is 2.72. The topological polar surface area (TPSA) is 112 Å². The molecule has 1 unspecified atom stereocenters. The first-order chi connectivity index (χ1) is 14.2. The Morgan fingerprint density at radius 2 is 2.07 bits per heavy atom. The first-order valence-corrected chi connectivity index (χ1v) is 11.2. The molecule has 0 aliphatic rings. The lowest BCUT2D eigenvalue weighted by Gasteiger charge is -2.17. The lowest BCUT2D eigenvalue weighted by molar-refractivity contribution is 0.0600. The molecule has 0 amide bonds. The first kappa shape index (κ1) is 22.0. The van der Waals surface area contributed by atoms with Gasteiger partial charge in [-0.25, -0.2) is 18.2 Å². The molecule has 0 bridgehead atoms. The largest absolute Gasteiger partial charge is 0.465 e. The number of halogens is 2. The van der Waals surface area contributed by atoms with Crippen molar-refractivity contribution < 1.29 is 31.1 Å². The van der Waals surface area contributed by atoms with Crippen molar-refractivity contribution in [3.8, 4) is 10.8 Å². The van der Waals surface area contributed by atoms with Crippen molar-refractivity contribution in [2.24, 2.45) is 0 Å². The van der Waals surface area contributed by atoms with E-state index in [4.69, 9.17) is 9.15 Å². The van der Waals surface area contributed by atoms with Gasteiger partial charge in [0, 0.05) is 12.2 Å². The third kappa shape index (κ3) is 4.70. The molecule has 12 heteroatoms. The molecule has 160 valence electrons. The molecule has 30 heavy (non-hydrogen) atoms. The summed E-state index contributed by atoms with van der Waals surface area (Å²) in [4.78, 5) is 16.3. The van der Waals surface area contributed by atoms with E-state index < -0.39 is 33.4 Å². The number of hydrogen-bond acceptors (Lipinski definition) is 9. The molecule has 0 fully saturated rings. The minimum Gasteiger partial charge on any atom is -0.465 e. The average Bonchev–Trinajstić information content (AvgIpc) is 3.41. The number of ether oxygens (including phenoxy) is 1. The molecule has 3 aromatic rings. The van der Waals surface area contributed by atoms with Crippen LogP contribution in [0.2, 0.25) is 0 Å². The standard InChI is InChI=1S/C18H17F2N3O5S2/c1-3-30(25,26)13(10-5-4-6-11(7-10)18(24)27-2)8-14-21-9-12(29-14)16-22-23-17(28-16)15(19)20/h4-7,9,13,15H,3,8H2,1-2H3. The van der Waals surface area contributed by atoms with Gasteiger partial charge in [-0.3, -0.25) is 0 Å². The number of methoxy groups -OCH3 is 1. The van der Waals surface area contributed by atoms with Crippen LogP contribution in [0.15, 0.2) is 34.9 Å². The van der Waals surface area contributed by atoms with Crippen LogP contribution in [0.4, 0.5) is 8.78 Å². The molecule has 1 aromatic carbocycles. The highest BCUT2D eigenvalue weighted by Crippen LogP contribution is 2.33. The van der Waals surface area contributed by atoms with Gasteiger partial charge in [0.05, 0.1) is 29.1 Å². The molecular weight excluding hydrogens is 440 g/mol. The van der Waals surface area contributed by atoms with Crippen LogP contribution in [-0.4, -0.2) is 42.4 Å². The van der Waals surface area contributed by atoms with Crippen molar-refractivity contribution in [3.63, 3.8) is 0 Å². The normalized spacial score (nSPS) is 12.8. The predicted molar refractivity (Wildman–Crippen MR) is 104 cm³/mol. The van der Waals surface area contributed by atoms with E-state index >= 15 is 0 Å². The zero-order valence-corrected chi connectivity index (χ0v) is 17.5. The highest BCUT2D eigenvalue weighted by atomic mass is 32.2. The Balaban J connectivity index is 1.92. The number of aromatic nitrogens is 3. The van der Waals surface area contributed by atoms with E-state index in [0.29, 0.717) is 15.4 Å². The van der Waals surface area contributed by atoms with Gasteiger partial charge in [-0.2, -0.15) is 8.78 Å². The molecule has 1 atom stereocenters. The molecule has 0 aliphatic carbocycles. The summed E-state index contributed by atoms with van der Waals surface area (Å²) in [6.45, 7) is 1.53. The minimum absolute atomic E-state index is 0.0291. The minimum atomic E-state index is -3.56. The van der Waals surface area contributed by atoms with E-state index in [1.807, 2.05) is 0 Å². The first-order valence-electron chi connectivity index (χ1n) is 8.71. The number of nitrogens with zero attached hydrogens (tertiary/aromatic N) is 3. The van der Waals surface area contributed by atoms with E-state index in [-0.39, 0.29) is 23.6 Å². The van der Waals surface area contributed by atoms with E-state index in [2.05, 4.69) is 15.2 Å². The summed E-state index contributed by atoms with van der Waals surface area (Å²) >= 11 is 1.07. The van der Waals surface area contributed by atoms with Crippen LogP contribution in [0.3, 0.4) is 0 Å². The summed E-state index contributed by atoms with van der Waals surface area (Å²) < 4.78 is 60.4. The van der Waals surface area contributed by atoms with Gasteiger partial charge in [0.25, 0.3) is 11.8 Å². The van der Waals surface area contributed by atoms with Crippen molar-refractivity contribution in [1.29, 1.82) is 0 Å². The van der Waals surface area contributed by atoms with Crippen LogP contribution >= 0.6 is 11.3 Å². The smallest absolute Gasteiger partial charge is 0.337 e. The summed E-state index contributed by atoms with van der Waals surface area (Å²) in [7, 11) is -2.32. The molecule has 8 nitrogen and oxygen atoms in total. The lowest BCUT2D eigenvalue weighted by atomic mass is 10.1. The van der Waals surface area contributed by atoms with Gasteiger partial charge >= 0.3 is 12.4 Å². The highest BCUT2D eigenvalue weighted by molar-refractivity contribution is 7.91. The number of carbonyl (C=O) groups is 1. The Morgan fingerprint density at radius 1 is 1.30 bits per heavy atom. The fraction of sp³-hybridized carbons (Fsp3) is 0.333. The number of carbonyl (C=O) groups excluding carboxylic acids is 1. The number of esters is 1. The fourth-order valence-corrected chi connectivity index (χ4v) is 5.09. The quantitative estimate of drug-likeness (QED) is 0.471. The van der Waals surface area contributed by atoms with E-state index in [1.54, 1.807) is 12.1 Å². The van der Waals surface area contributed by atoms with Crippen LogP contribution in [0.1, 0.15) is 45.4 Å². The second kappa shape index (κ2) is 8.96. The summed E-state index contributed by atoms with van der Waals surface area (Å²) in [6, 6.07) is 6.21. The molecule has 2 heterocycles. The Kier molecular flexibility index (Phi) is 6.56. The third-order valence-corrected chi connectivity index (χ3v) is 7.39. The van der Waals surface area contributed by atoms with Crippen LogP contribution in [-0.2, 0) is 21.0 Å². The maximum absolute atomic E-state index is 12.7. The van der Waals surface area contributed by atoms with Crippen LogP contribution in [0.5, 0.6) is 0 Å². The van der Waals surface area contributed by atoms with E-state index in [1.165, 1.54) is 32.4 Å². The van der Waals surface area contributed by atoms with Crippen molar-refractivity contribution in [3.05, 3.63) is 52.5 Å². The van der Waals surface area contributed by atoms with Crippen molar-refractivity contribution >= 4 is 27.1 Å². The summed E-state index contributed by atoms with van der Waals surface area (Å²) in [5.74, 6) is -1.60. The van der Waals surface area contributed by atoms with Gasteiger partial charge in [0.1, 0.15) is 4.88 Å².